The highest BCUT2D eigenvalue weighted by Crippen LogP contribution is 2.24. The van der Waals surface area contributed by atoms with Crippen molar-refractivity contribution < 1.29 is 31.8 Å². The molecular formula is C20H22BF4NO2. The Hall–Kier alpha value is -2.61. The van der Waals surface area contributed by atoms with E-state index in [-0.39, 0.29) is 0 Å². The summed E-state index contributed by atoms with van der Waals surface area (Å²) < 4.78 is 45.2. The lowest BCUT2D eigenvalue weighted by Gasteiger charge is -2.06. The maximum absolute atomic E-state index is 9.75. The van der Waals surface area contributed by atoms with E-state index in [0.29, 0.717) is 6.54 Å². The molecule has 0 aliphatic rings. The molecular weight excluding hydrogens is 373 g/mol. The average Bonchev–Trinajstić information content (AvgIpc) is 2.58. The van der Waals surface area contributed by atoms with Gasteiger partial charge in [-0.15, -0.1) is 0 Å². The van der Waals surface area contributed by atoms with Gasteiger partial charge < -0.3 is 26.8 Å². The summed E-state index contributed by atoms with van der Waals surface area (Å²) in [5.41, 5.74) is 4.23. The second kappa shape index (κ2) is 9.06. The van der Waals surface area contributed by atoms with Gasteiger partial charge in [-0.05, 0) is 38.0 Å². The molecule has 0 saturated carbocycles. The number of fused-ring (bicyclic) bond motifs is 1. The number of rotatable bonds is 3. The molecule has 0 spiro atoms. The summed E-state index contributed by atoms with van der Waals surface area (Å²) in [4.78, 5) is 3.35. The Morgan fingerprint density at radius 3 is 2.21 bits per heavy atom. The Bertz CT molecular complexity index is 993. The van der Waals surface area contributed by atoms with Gasteiger partial charge in [0.15, 0.2) is 6.54 Å². The minimum Gasteiger partial charge on any atom is -0.456 e. The van der Waals surface area contributed by atoms with E-state index < -0.39 is 13.4 Å². The highest BCUT2D eigenvalue weighted by Gasteiger charge is 2.20. The number of hydrogen-bond donors (Lipinski definition) is 2. The number of aryl methyl sites for hydroxylation is 2. The van der Waals surface area contributed by atoms with Crippen LogP contribution in [0.3, 0.4) is 0 Å². The van der Waals surface area contributed by atoms with Crippen LogP contribution in [-0.4, -0.2) is 25.0 Å². The van der Waals surface area contributed by atoms with Crippen LogP contribution in [0.1, 0.15) is 18.1 Å². The van der Waals surface area contributed by atoms with Crippen LogP contribution in [-0.2, 0) is 0 Å². The molecule has 0 saturated heterocycles. The Morgan fingerprint density at radius 1 is 1.04 bits per heavy atom. The highest BCUT2D eigenvalue weighted by molar-refractivity contribution is 6.50. The van der Waals surface area contributed by atoms with Gasteiger partial charge in [-0.3, -0.25) is 0 Å². The zero-order valence-electron chi connectivity index (χ0n) is 15.8. The third-order valence-electron chi connectivity index (χ3n) is 3.85. The second-order valence-electron chi connectivity index (χ2n) is 6.57. The monoisotopic (exact) mass is 395 g/mol. The summed E-state index contributed by atoms with van der Waals surface area (Å²) in [6, 6.07) is 16.3. The van der Waals surface area contributed by atoms with Gasteiger partial charge in [-0.1, -0.05) is 36.4 Å². The first-order chi connectivity index (χ1) is 13.0. The van der Waals surface area contributed by atoms with Gasteiger partial charge in [0.2, 0.25) is 5.36 Å². The van der Waals surface area contributed by atoms with Crippen molar-refractivity contribution in [1.29, 1.82) is 0 Å². The van der Waals surface area contributed by atoms with E-state index in [1.807, 2.05) is 36.4 Å². The van der Waals surface area contributed by atoms with Crippen LogP contribution < -0.4 is 10.3 Å². The fourth-order valence-corrected chi connectivity index (χ4v) is 2.85. The van der Waals surface area contributed by atoms with E-state index in [2.05, 4.69) is 31.0 Å². The lowest BCUT2D eigenvalue weighted by molar-refractivity contribution is -0.508. The van der Waals surface area contributed by atoms with Gasteiger partial charge >= 0.3 is 7.25 Å². The highest BCUT2D eigenvalue weighted by atomic mass is 19.5. The molecule has 2 N–H and O–H groups in total. The molecule has 1 heterocycles. The van der Waals surface area contributed by atoms with Crippen molar-refractivity contribution in [2.24, 2.45) is 0 Å². The van der Waals surface area contributed by atoms with Crippen molar-refractivity contribution in [2.45, 2.75) is 26.9 Å². The number of nitrogens with one attached hydrogen (secondary N) is 1. The summed E-state index contributed by atoms with van der Waals surface area (Å²) in [7, 11) is -6.00. The predicted octanol–water partition coefficient (Wildman–Crippen LogP) is 3.38. The predicted molar refractivity (Wildman–Crippen MR) is 102 cm³/mol. The van der Waals surface area contributed by atoms with Gasteiger partial charge in [0.05, 0.1) is 11.5 Å². The normalized spacial score (nSPS) is 13.2. The van der Waals surface area contributed by atoms with Gasteiger partial charge in [0.1, 0.15) is 17.4 Å². The quantitative estimate of drug-likeness (QED) is 0.528. The molecule has 0 fully saturated rings. The molecule has 1 unspecified atom stereocenters. The number of aliphatic hydroxyl groups is 1. The van der Waals surface area contributed by atoms with Crippen molar-refractivity contribution in [3.05, 3.63) is 65.0 Å². The molecule has 0 aliphatic carbocycles. The standard InChI is InChI=1S/C20H21NO2.BF4/c1-13-9-14(2)20-17(21-12-15(3)22)11-18(23-19(20)10-13)16-7-5-4-6-8-16;2-1(3,4)5/h4-11,15,22H,12H2,1-3H3;/q;-1/p+1. The van der Waals surface area contributed by atoms with Crippen LogP contribution in [0.2, 0.25) is 0 Å². The number of aliphatic hydroxyl groups excluding tert-OH is 1. The van der Waals surface area contributed by atoms with Crippen molar-refractivity contribution in [1.82, 2.24) is 0 Å². The van der Waals surface area contributed by atoms with Crippen molar-refractivity contribution >= 4 is 18.2 Å². The van der Waals surface area contributed by atoms with E-state index in [0.717, 1.165) is 33.2 Å². The zero-order valence-corrected chi connectivity index (χ0v) is 15.8. The molecule has 1 atom stereocenters. The lowest BCUT2D eigenvalue weighted by Crippen LogP contribution is -2.78. The molecule has 28 heavy (non-hydrogen) atoms. The Morgan fingerprint density at radius 2 is 1.64 bits per heavy atom. The van der Waals surface area contributed by atoms with Gasteiger partial charge in [0.25, 0.3) is 0 Å². The average molecular weight is 395 g/mol. The molecule has 3 aromatic rings. The molecule has 3 nitrogen and oxygen atoms in total. The largest absolute Gasteiger partial charge is 0.673 e. The molecule has 0 amide bonds. The molecule has 0 bridgehead atoms. The minimum atomic E-state index is -6.00. The zero-order chi connectivity index (χ0) is 20.9. The van der Waals surface area contributed by atoms with E-state index in [4.69, 9.17) is 4.42 Å². The van der Waals surface area contributed by atoms with Crippen LogP contribution >= 0.6 is 0 Å². The first kappa shape index (κ1) is 21.7. The SMILES string of the molecule is Cc1cc(C)c2c(=[NH+]CC(C)O)cc(-c3ccccc3)oc2c1.F[B-](F)(F)F. The van der Waals surface area contributed by atoms with E-state index >= 15 is 0 Å². The second-order valence-corrected chi connectivity index (χ2v) is 6.57. The fraction of sp³-hybridized carbons (Fsp3) is 0.250. The molecule has 0 radical (unpaired) electrons. The summed E-state index contributed by atoms with van der Waals surface area (Å²) in [5, 5.41) is 11.7. The number of benzene rings is 2. The van der Waals surface area contributed by atoms with Crippen molar-refractivity contribution in [3.8, 4) is 11.3 Å². The third kappa shape index (κ3) is 6.53. The Balaban J connectivity index is 0.000000500. The molecule has 1 aromatic heterocycles. The first-order valence-electron chi connectivity index (χ1n) is 8.77. The molecule has 8 heteroatoms. The van der Waals surface area contributed by atoms with Crippen LogP contribution in [0.4, 0.5) is 17.3 Å². The fourth-order valence-electron chi connectivity index (χ4n) is 2.85. The number of halogens is 4. The molecule has 2 aromatic carbocycles. The molecule has 150 valence electrons. The molecule has 3 rings (SSSR count). The van der Waals surface area contributed by atoms with E-state index in [1.165, 1.54) is 5.56 Å². The Labute approximate surface area is 160 Å². The third-order valence-corrected chi connectivity index (χ3v) is 3.85. The van der Waals surface area contributed by atoms with Crippen molar-refractivity contribution in [3.63, 3.8) is 0 Å². The van der Waals surface area contributed by atoms with E-state index in [1.54, 1.807) is 6.92 Å². The van der Waals surface area contributed by atoms with Crippen LogP contribution in [0.25, 0.3) is 22.3 Å². The summed E-state index contributed by atoms with van der Waals surface area (Å²) in [5.74, 6) is 0.816. The van der Waals surface area contributed by atoms with Crippen LogP contribution in [0.5, 0.6) is 0 Å². The minimum absolute atomic E-state index is 0.409. The van der Waals surface area contributed by atoms with Crippen molar-refractivity contribution in [2.75, 3.05) is 6.54 Å². The van der Waals surface area contributed by atoms with Crippen LogP contribution in [0, 0.1) is 13.8 Å². The Kier molecular flexibility index (Phi) is 7.02. The number of hydrogen-bond acceptors (Lipinski definition) is 2. The maximum Gasteiger partial charge on any atom is 0.673 e. The maximum atomic E-state index is 9.75. The van der Waals surface area contributed by atoms with Gasteiger partial charge in [-0.25, -0.2) is 4.99 Å². The van der Waals surface area contributed by atoms with Crippen LogP contribution in [0.15, 0.2) is 52.9 Å². The van der Waals surface area contributed by atoms with E-state index in [9.17, 15) is 22.4 Å². The molecule has 0 aliphatic heterocycles. The topological polar surface area (TPSA) is 47.3 Å². The van der Waals surface area contributed by atoms with Gasteiger partial charge in [-0.2, -0.15) is 0 Å². The first-order valence-corrected chi connectivity index (χ1v) is 8.77. The van der Waals surface area contributed by atoms with Gasteiger partial charge in [0, 0.05) is 5.56 Å². The smallest absolute Gasteiger partial charge is 0.456 e. The summed E-state index contributed by atoms with van der Waals surface area (Å²) in [6.45, 7) is 6.43. The summed E-state index contributed by atoms with van der Waals surface area (Å²) >= 11 is 0. The lowest BCUT2D eigenvalue weighted by atomic mass is 10.0. The summed E-state index contributed by atoms with van der Waals surface area (Å²) in [6.07, 6.45) is -0.409.